The van der Waals surface area contributed by atoms with E-state index in [1.54, 1.807) is 9.80 Å². The number of likely N-dealkylation sites (tertiary alicyclic amines) is 1. The highest BCUT2D eigenvalue weighted by Gasteiger charge is 2.44. The Morgan fingerprint density at radius 2 is 1.85 bits per heavy atom. The minimum Gasteiger partial charge on any atom is -0.485 e. The van der Waals surface area contributed by atoms with Gasteiger partial charge in [-0.15, -0.1) is 0 Å². The molecular formula is C24H27FN4O4. The number of piperidine rings is 1. The lowest BCUT2D eigenvalue weighted by Gasteiger charge is -2.43. The Morgan fingerprint density at radius 3 is 2.55 bits per heavy atom. The number of hydrogen-bond donors (Lipinski definition) is 1. The molecule has 8 nitrogen and oxygen atoms in total. The molecule has 0 atom stereocenters. The summed E-state index contributed by atoms with van der Waals surface area (Å²) >= 11 is 0. The summed E-state index contributed by atoms with van der Waals surface area (Å²) in [5, 5.41) is 10.5. The minimum atomic E-state index is -0.890. The summed E-state index contributed by atoms with van der Waals surface area (Å²) in [6, 6.07) is 7.68. The van der Waals surface area contributed by atoms with Gasteiger partial charge >= 0.3 is 0 Å². The number of ether oxygens (including phenoxy) is 1. The van der Waals surface area contributed by atoms with E-state index in [1.165, 1.54) is 6.20 Å². The predicted molar refractivity (Wildman–Crippen MR) is 116 cm³/mol. The van der Waals surface area contributed by atoms with E-state index in [-0.39, 0.29) is 23.9 Å². The zero-order valence-corrected chi connectivity index (χ0v) is 18.4. The van der Waals surface area contributed by atoms with Gasteiger partial charge in [0.15, 0.2) is 0 Å². The van der Waals surface area contributed by atoms with E-state index in [0.29, 0.717) is 51.9 Å². The quantitative estimate of drug-likeness (QED) is 0.765. The summed E-state index contributed by atoms with van der Waals surface area (Å²) in [6.07, 6.45) is 5.64. The molecule has 5 rings (SSSR count). The van der Waals surface area contributed by atoms with Gasteiger partial charge in [0.2, 0.25) is 11.9 Å². The molecule has 1 saturated carbocycles. The average Bonchev–Trinajstić information content (AvgIpc) is 2.95. The predicted octanol–water partition coefficient (Wildman–Crippen LogP) is 2.32. The lowest BCUT2D eigenvalue weighted by molar-refractivity contribution is -0.144. The second kappa shape index (κ2) is 8.37. The van der Waals surface area contributed by atoms with Crippen LogP contribution in [0.1, 0.15) is 54.6 Å². The first-order valence-electron chi connectivity index (χ1n) is 11.4. The second-order valence-electron chi connectivity index (χ2n) is 9.42. The number of hydrogen-bond acceptors (Lipinski definition) is 6. The van der Waals surface area contributed by atoms with E-state index in [4.69, 9.17) is 4.74 Å². The van der Waals surface area contributed by atoms with Gasteiger partial charge in [0.25, 0.3) is 5.91 Å². The first-order chi connectivity index (χ1) is 15.8. The number of fused-ring (bicyclic) bond motifs is 1. The van der Waals surface area contributed by atoms with Gasteiger partial charge in [-0.1, -0.05) is 18.2 Å². The number of benzene rings is 1. The van der Waals surface area contributed by atoms with Crippen LogP contribution in [0.5, 0.6) is 5.75 Å². The maximum atomic E-state index is 13.4. The summed E-state index contributed by atoms with van der Waals surface area (Å²) in [6.45, 7) is 1.60. The van der Waals surface area contributed by atoms with Crippen molar-refractivity contribution < 1.29 is 23.8 Å². The van der Waals surface area contributed by atoms with Gasteiger partial charge in [0.05, 0.1) is 31.0 Å². The van der Waals surface area contributed by atoms with Gasteiger partial charge < -0.3 is 19.6 Å². The maximum absolute atomic E-state index is 13.4. The lowest BCUT2D eigenvalue weighted by atomic mass is 9.77. The molecule has 33 heavy (non-hydrogen) atoms. The van der Waals surface area contributed by atoms with Gasteiger partial charge in [-0.3, -0.25) is 14.6 Å². The second-order valence-corrected chi connectivity index (χ2v) is 9.42. The Bertz CT molecular complexity index is 1070. The van der Waals surface area contributed by atoms with Crippen LogP contribution in [0.15, 0.2) is 36.7 Å². The fourth-order valence-electron chi connectivity index (χ4n) is 4.92. The molecule has 2 aliphatic heterocycles. The third-order valence-electron chi connectivity index (χ3n) is 7.04. The number of aromatic nitrogens is 2. The molecule has 0 unspecified atom stereocenters. The lowest BCUT2D eigenvalue weighted by Crippen LogP contribution is -2.55. The van der Waals surface area contributed by atoms with Crippen LogP contribution in [0.25, 0.3) is 0 Å². The number of aliphatic hydroxyl groups is 1. The molecule has 2 fully saturated rings. The average molecular weight is 455 g/mol. The normalized spacial score (nSPS) is 20.9. The first kappa shape index (κ1) is 21.8. The molecular weight excluding hydrogens is 427 g/mol. The van der Waals surface area contributed by atoms with Crippen molar-refractivity contribution in [2.45, 2.75) is 56.3 Å². The SMILES string of the molecule is O=C(CC1(O)CCC1)N1Cc2ccccc2OC2(CCN(C(=O)c3cncc(F)n3)CC2)C1. The van der Waals surface area contributed by atoms with Crippen LogP contribution in [0.4, 0.5) is 4.39 Å². The van der Waals surface area contributed by atoms with E-state index >= 15 is 0 Å². The third kappa shape index (κ3) is 4.42. The summed E-state index contributed by atoms with van der Waals surface area (Å²) in [7, 11) is 0. The standard InChI is InChI=1S/C24H27FN4O4/c25-20-14-26-13-18(27-20)22(31)28-10-8-24(9-11-28)16-29(21(30)12-23(32)6-3-7-23)15-17-4-1-2-5-19(17)33-24/h1-2,4-5,13-14,32H,3,6-12,15-16H2. The molecule has 2 aromatic rings. The van der Waals surface area contributed by atoms with Crippen molar-refractivity contribution in [1.29, 1.82) is 0 Å². The highest BCUT2D eigenvalue weighted by atomic mass is 19.1. The Labute approximate surface area is 191 Å². The van der Waals surface area contributed by atoms with Crippen LogP contribution in [0, 0.1) is 5.95 Å². The summed E-state index contributed by atoms with van der Waals surface area (Å²) < 4.78 is 19.9. The molecule has 1 N–H and O–H groups in total. The molecule has 1 aliphatic carbocycles. The summed E-state index contributed by atoms with van der Waals surface area (Å²) in [5.41, 5.74) is -0.631. The van der Waals surface area contributed by atoms with E-state index in [1.807, 2.05) is 24.3 Å². The van der Waals surface area contributed by atoms with Crippen molar-refractivity contribution >= 4 is 11.8 Å². The van der Waals surface area contributed by atoms with Crippen molar-refractivity contribution in [3.63, 3.8) is 0 Å². The number of nitrogens with zero attached hydrogens (tertiary/aromatic N) is 4. The molecule has 1 aromatic heterocycles. The molecule has 2 amide bonds. The number of carbonyl (C=O) groups excluding carboxylic acids is 2. The Balaban J connectivity index is 1.34. The molecule has 3 heterocycles. The molecule has 1 aromatic carbocycles. The van der Waals surface area contributed by atoms with Crippen LogP contribution in [-0.2, 0) is 11.3 Å². The van der Waals surface area contributed by atoms with E-state index < -0.39 is 17.1 Å². The van der Waals surface area contributed by atoms with Gasteiger partial charge in [-0.25, -0.2) is 4.98 Å². The van der Waals surface area contributed by atoms with Crippen molar-refractivity contribution in [1.82, 2.24) is 19.8 Å². The van der Waals surface area contributed by atoms with Crippen molar-refractivity contribution in [3.05, 3.63) is 53.9 Å². The molecule has 1 spiro atoms. The first-order valence-corrected chi connectivity index (χ1v) is 11.4. The number of rotatable bonds is 3. The third-order valence-corrected chi connectivity index (χ3v) is 7.04. The Morgan fingerprint density at radius 1 is 1.09 bits per heavy atom. The Hall–Kier alpha value is -3.07. The minimum absolute atomic E-state index is 0.0244. The monoisotopic (exact) mass is 454 g/mol. The molecule has 0 radical (unpaired) electrons. The zero-order chi connectivity index (χ0) is 23.1. The fraction of sp³-hybridized carbons (Fsp3) is 0.500. The van der Waals surface area contributed by atoms with Crippen LogP contribution >= 0.6 is 0 Å². The van der Waals surface area contributed by atoms with Gasteiger partial charge in [0.1, 0.15) is 17.0 Å². The largest absolute Gasteiger partial charge is 0.485 e. The fourth-order valence-corrected chi connectivity index (χ4v) is 4.92. The highest BCUT2D eigenvalue weighted by molar-refractivity contribution is 5.92. The van der Waals surface area contributed by atoms with Gasteiger partial charge in [-0.05, 0) is 25.3 Å². The van der Waals surface area contributed by atoms with Gasteiger partial charge in [0, 0.05) is 38.0 Å². The van der Waals surface area contributed by atoms with Crippen molar-refractivity contribution in [2.75, 3.05) is 19.6 Å². The smallest absolute Gasteiger partial charge is 0.274 e. The van der Waals surface area contributed by atoms with E-state index in [0.717, 1.165) is 23.9 Å². The van der Waals surface area contributed by atoms with E-state index in [2.05, 4.69) is 9.97 Å². The van der Waals surface area contributed by atoms with Crippen LogP contribution in [0.3, 0.4) is 0 Å². The van der Waals surface area contributed by atoms with Crippen molar-refractivity contribution in [2.24, 2.45) is 0 Å². The molecule has 3 aliphatic rings. The zero-order valence-electron chi connectivity index (χ0n) is 18.4. The van der Waals surface area contributed by atoms with Crippen LogP contribution < -0.4 is 4.74 Å². The number of carbonyl (C=O) groups is 2. The number of para-hydroxylation sites is 1. The van der Waals surface area contributed by atoms with Gasteiger partial charge in [-0.2, -0.15) is 4.39 Å². The van der Waals surface area contributed by atoms with Crippen LogP contribution in [0.2, 0.25) is 0 Å². The summed E-state index contributed by atoms with van der Waals surface area (Å²) in [5.74, 6) is -0.498. The Kier molecular flexibility index (Phi) is 5.52. The number of amides is 2. The molecule has 0 bridgehead atoms. The highest BCUT2D eigenvalue weighted by Crippen LogP contribution is 2.38. The topological polar surface area (TPSA) is 95.9 Å². The summed E-state index contributed by atoms with van der Waals surface area (Å²) in [4.78, 5) is 36.7. The molecule has 1 saturated heterocycles. The molecule has 174 valence electrons. The number of halogens is 1. The maximum Gasteiger partial charge on any atom is 0.274 e. The van der Waals surface area contributed by atoms with E-state index in [9.17, 15) is 19.1 Å². The molecule has 9 heteroatoms. The van der Waals surface area contributed by atoms with Crippen molar-refractivity contribution in [3.8, 4) is 5.75 Å². The van der Waals surface area contributed by atoms with Crippen LogP contribution in [-0.4, -0.2) is 67.5 Å².